The van der Waals surface area contributed by atoms with E-state index in [0.717, 1.165) is 47.3 Å². The summed E-state index contributed by atoms with van der Waals surface area (Å²) in [5.74, 6) is 0.109. The summed E-state index contributed by atoms with van der Waals surface area (Å²) in [7, 11) is 0. The first-order chi connectivity index (χ1) is 20.7. The number of carbonyl (C=O) groups excluding carboxylic acids is 2. The van der Waals surface area contributed by atoms with Crippen molar-refractivity contribution in [3.63, 3.8) is 0 Å². The van der Waals surface area contributed by atoms with Crippen molar-refractivity contribution in [3.8, 4) is 10.4 Å². The van der Waals surface area contributed by atoms with E-state index in [1.54, 1.807) is 16.2 Å². The van der Waals surface area contributed by atoms with Crippen LogP contribution in [0, 0.1) is 0 Å². The molecule has 3 aliphatic rings. The average molecular weight is 607 g/mol. The number of piperidine rings is 2. The van der Waals surface area contributed by atoms with E-state index in [1.165, 1.54) is 69.4 Å². The summed E-state index contributed by atoms with van der Waals surface area (Å²) in [5.41, 5.74) is 3.10. The third-order valence-electron chi connectivity index (χ3n) is 8.86. The summed E-state index contributed by atoms with van der Waals surface area (Å²) >= 11 is 1.62. The zero-order valence-electron chi connectivity index (χ0n) is 26.4. The minimum Gasteiger partial charge on any atom is -0.444 e. The predicted molar refractivity (Wildman–Crippen MR) is 178 cm³/mol. The van der Waals surface area contributed by atoms with Gasteiger partial charge in [0.1, 0.15) is 5.60 Å². The Hall–Kier alpha value is -2.68. The van der Waals surface area contributed by atoms with Gasteiger partial charge in [-0.3, -0.25) is 4.79 Å². The fourth-order valence-electron chi connectivity index (χ4n) is 6.44. The van der Waals surface area contributed by atoms with Crippen LogP contribution >= 0.6 is 11.3 Å². The van der Waals surface area contributed by atoms with Gasteiger partial charge in [-0.2, -0.15) is 0 Å². The first-order valence-corrected chi connectivity index (χ1v) is 17.2. The molecule has 0 radical (unpaired) electrons. The van der Waals surface area contributed by atoms with Crippen LogP contribution in [0.1, 0.15) is 84.1 Å². The molecule has 0 atom stereocenters. The van der Waals surface area contributed by atoms with Crippen molar-refractivity contribution >= 4 is 33.9 Å². The van der Waals surface area contributed by atoms with Gasteiger partial charge in [0.15, 0.2) is 0 Å². The van der Waals surface area contributed by atoms with Gasteiger partial charge in [-0.05, 0) is 127 Å². The fraction of sp³-hybridized carbons (Fsp3) is 0.600. The van der Waals surface area contributed by atoms with E-state index in [9.17, 15) is 9.59 Å². The molecule has 0 spiro atoms. The Balaban J connectivity index is 1.01. The number of thiophene rings is 1. The van der Waals surface area contributed by atoms with Crippen LogP contribution in [-0.2, 0) is 9.53 Å². The molecule has 1 N–H and O–H groups in total. The predicted octanol–water partition coefficient (Wildman–Crippen LogP) is 7.50. The summed E-state index contributed by atoms with van der Waals surface area (Å²) < 4.78 is 5.50. The number of nitrogens with zero attached hydrogens (tertiary/aromatic N) is 3. The van der Waals surface area contributed by atoms with Gasteiger partial charge < -0.3 is 24.8 Å². The van der Waals surface area contributed by atoms with Gasteiger partial charge in [0.05, 0.1) is 5.00 Å². The van der Waals surface area contributed by atoms with E-state index in [-0.39, 0.29) is 12.0 Å². The molecule has 0 bridgehead atoms. The van der Waals surface area contributed by atoms with Crippen LogP contribution in [0.3, 0.4) is 0 Å². The normalized spacial score (nSPS) is 19.2. The molecule has 234 valence electrons. The first kappa shape index (κ1) is 31.7. The topological polar surface area (TPSA) is 65.1 Å². The maximum Gasteiger partial charge on any atom is 0.410 e. The Morgan fingerprint density at radius 3 is 2.30 bits per heavy atom. The van der Waals surface area contributed by atoms with Gasteiger partial charge in [0.25, 0.3) is 0 Å². The van der Waals surface area contributed by atoms with E-state index >= 15 is 0 Å². The number of amides is 2. The molecule has 8 heteroatoms. The largest absolute Gasteiger partial charge is 0.444 e. The number of hydrogen-bond donors (Lipinski definition) is 1. The third-order valence-corrected chi connectivity index (χ3v) is 9.91. The second-order valence-electron chi connectivity index (χ2n) is 13.3. The van der Waals surface area contributed by atoms with E-state index < -0.39 is 5.60 Å². The van der Waals surface area contributed by atoms with Crippen LogP contribution in [0.4, 0.5) is 9.80 Å². The maximum absolute atomic E-state index is 12.6. The van der Waals surface area contributed by atoms with Crippen molar-refractivity contribution in [2.24, 2.45) is 0 Å². The molecule has 5 rings (SSSR count). The number of nitrogens with one attached hydrogen (secondary N) is 1. The van der Waals surface area contributed by atoms with E-state index in [0.29, 0.717) is 19.5 Å². The molecule has 2 saturated heterocycles. The standard InChI is InChI=1S/C35H50N4O3S/c1-35(2,3)42-34(41)39-25-16-28(17-26-39)27-10-12-29(13-11-27)31-14-15-33(43-31)36-32(40)9-5-8-20-37-23-18-30(19-24-37)38-21-6-4-7-22-38/h10-16,30H,4-9,17-26H2,1-3H3,(H,36,40). The minimum atomic E-state index is -0.481. The Morgan fingerprint density at radius 2 is 1.63 bits per heavy atom. The maximum atomic E-state index is 12.6. The molecule has 2 fully saturated rings. The lowest BCUT2D eigenvalue weighted by atomic mass is 9.98. The quantitative estimate of drug-likeness (QED) is 0.300. The fourth-order valence-corrected chi connectivity index (χ4v) is 7.37. The van der Waals surface area contributed by atoms with Crippen LogP contribution in [0.5, 0.6) is 0 Å². The number of benzene rings is 1. The molecular weight excluding hydrogens is 556 g/mol. The van der Waals surface area contributed by atoms with Crippen molar-refractivity contribution < 1.29 is 14.3 Å². The lowest BCUT2D eigenvalue weighted by Crippen LogP contribution is -2.46. The molecule has 43 heavy (non-hydrogen) atoms. The van der Waals surface area contributed by atoms with Crippen molar-refractivity contribution in [3.05, 3.63) is 48.0 Å². The number of anilines is 1. The van der Waals surface area contributed by atoms with E-state index in [4.69, 9.17) is 4.74 Å². The molecule has 0 unspecified atom stereocenters. The Bertz CT molecular complexity index is 1230. The Morgan fingerprint density at radius 1 is 0.907 bits per heavy atom. The highest BCUT2D eigenvalue weighted by molar-refractivity contribution is 7.19. The number of unbranched alkanes of at least 4 members (excludes halogenated alkanes) is 1. The van der Waals surface area contributed by atoms with Gasteiger partial charge in [-0.25, -0.2) is 4.79 Å². The smallest absolute Gasteiger partial charge is 0.410 e. The molecule has 0 aliphatic carbocycles. The van der Waals surface area contributed by atoms with Crippen LogP contribution < -0.4 is 5.32 Å². The zero-order chi connectivity index (χ0) is 30.2. The van der Waals surface area contributed by atoms with E-state index in [2.05, 4.69) is 51.5 Å². The Kier molecular flexibility index (Phi) is 11.0. The summed E-state index contributed by atoms with van der Waals surface area (Å²) in [6.07, 6.45) is 12.0. The van der Waals surface area contributed by atoms with Gasteiger partial charge >= 0.3 is 6.09 Å². The zero-order valence-corrected chi connectivity index (χ0v) is 27.2. The number of hydrogen-bond acceptors (Lipinski definition) is 6. The Labute approximate surface area is 262 Å². The lowest BCUT2D eigenvalue weighted by Gasteiger charge is -2.40. The highest BCUT2D eigenvalue weighted by Crippen LogP contribution is 2.33. The molecule has 3 aliphatic heterocycles. The summed E-state index contributed by atoms with van der Waals surface area (Å²) in [6.45, 7) is 13.0. The summed E-state index contributed by atoms with van der Waals surface area (Å²) in [4.78, 5) is 33.2. The minimum absolute atomic E-state index is 0.109. The number of carbonyl (C=O) groups is 2. The molecule has 4 heterocycles. The molecule has 7 nitrogen and oxygen atoms in total. The van der Waals surface area contributed by atoms with Gasteiger partial charge in [0, 0.05) is 30.4 Å². The molecule has 1 aromatic carbocycles. The highest BCUT2D eigenvalue weighted by Gasteiger charge is 2.26. The van der Waals surface area contributed by atoms with Crippen molar-refractivity contribution in [1.82, 2.24) is 14.7 Å². The highest BCUT2D eigenvalue weighted by atomic mass is 32.1. The molecular formula is C35H50N4O3S. The van der Waals surface area contributed by atoms with Crippen LogP contribution in [0.2, 0.25) is 0 Å². The molecule has 2 aromatic rings. The van der Waals surface area contributed by atoms with Crippen molar-refractivity contribution in [2.45, 2.75) is 90.2 Å². The number of rotatable bonds is 9. The molecule has 1 aromatic heterocycles. The molecule has 2 amide bonds. The first-order valence-electron chi connectivity index (χ1n) is 16.4. The molecule has 0 saturated carbocycles. The summed E-state index contributed by atoms with van der Waals surface area (Å²) in [5, 5.41) is 4.02. The summed E-state index contributed by atoms with van der Waals surface area (Å²) in [6, 6.07) is 13.5. The van der Waals surface area contributed by atoms with Gasteiger partial charge in [0.2, 0.25) is 5.91 Å². The third kappa shape index (κ3) is 9.40. The monoisotopic (exact) mass is 606 g/mol. The number of likely N-dealkylation sites (tertiary alicyclic amines) is 2. The van der Waals surface area contributed by atoms with Crippen LogP contribution in [-0.4, -0.2) is 84.2 Å². The van der Waals surface area contributed by atoms with Gasteiger partial charge in [-0.15, -0.1) is 11.3 Å². The number of ether oxygens (including phenoxy) is 1. The van der Waals surface area contributed by atoms with Gasteiger partial charge in [-0.1, -0.05) is 36.8 Å². The van der Waals surface area contributed by atoms with Crippen molar-refractivity contribution in [2.75, 3.05) is 51.1 Å². The van der Waals surface area contributed by atoms with E-state index in [1.807, 2.05) is 26.8 Å². The van der Waals surface area contributed by atoms with Crippen LogP contribution in [0.15, 0.2) is 42.5 Å². The second kappa shape index (κ2) is 14.9. The van der Waals surface area contributed by atoms with Crippen LogP contribution in [0.25, 0.3) is 16.0 Å². The SMILES string of the molecule is CC(C)(C)OC(=O)N1CC=C(c2ccc(-c3ccc(NC(=O)CCCCN4CCC(N5CCCCC5)CC4)s3)cc2)CC1. The van der Waals surface area contributed by atoms with Crippen molar-refractivity contribution in [1.29, 1.82) is 0 Å². The second-order valence-corrected chi connectivity index (χ2v) is 14.4. The lowest BCUT2D eigenvalue weighted by molar-refractivity contribution is -0.116. The average Bonchev–Trinajstić information content (AvgIpc) is 3.48.